The maximum Gasteiger partial charge on any atom is 0.146 e. The molecule has 0 radical (unpaired) electrons. The largest absolute Gasteiger partial charge is 0.378 e. The number of benzene rings is 2. The number of hydrogen-bond acceptors (Lipinski definition) is 2. The van der Waals surface area contributed by atoms with E-state index in [9.17, 15) is 4.39 Å². The molecule has 0 spiro atoms. The van der Waals surface area contributed by atoms with Crippen LogP contribution in [0.3, 0.4) is 0 Å². The molecule has 2 aromatic carbocycles. The minimum absolute atomic E-state index is 0.327. The molecule has 0 atom stereocenters. The summed E-state index contributed by atoms with van der Waals surface area (Å²) in [5.41, 5.74) is 0.381. The third kappa shape index (κ3) is 2.62. The Morgan fingerprint density at radius 1 is 1.10 bits per heavy atom. The summed E-state index contributed by atoms with van der Waals surface area (Å²) in [5, 5.41) is 5.29. The van der Waals surface area contributed by atoms with Gasteiger partial charge in [-0.3, -0.25) is 0 Å². The second-order valence-electron chi connectivity index (χ2n) is 4.31. The van der Waals surface area contributed by atoms with Crippen molar-refractivity contribution >= 4 is 50.3 Å². The minimum Gasteiger partial charge on any atom is -0.378 e. The van der Waals surface area contributed by atoms with Crippen LogP contribution in [-0.2, 0) is 6.54 Å². The average Bonchev–Trinajstić information content (AvgIpc) is 2.77. The van der Waals surface area contributed by atoms with Crippen LogP contribution < -0.4 is 5.32 Å². The fourth-order valence-corrected chi connectivity index (χ4v) is 3.60. The Morgan fingerprint density at radius 2 is 1.90 bits per heavy atom. The molecule has 5 heteroatoms. The maximum absolute atomic E-state index is 13.6. The zero-order chi connectivity index (χ0) is 14.1. The molecule has 0 fully saturated rings. The third-order valence-corrected chi connectivity index (χ3v) is 4.92. The maximum atomic E-state index is 13.6. The van der Waals surface area contributed by atoms with Crippen molar-refractivity contribution in [1.82, 2.24) is 0 Å². The van der Waals surface area contributed by atoms with Gasteiger partial charge in [-0.15, -0.1) is 11.3 Å². The van der Waals surface area contributed by atoms with Crippen molar-refractivity contribution in [2.24, 2.45) is 0 Å². The van der Waals surface area contributed by atoms with Crippen molar-refractivity contribution in [2.75, 3.05) is 5.32 Å². The highest BCUT2D eigenvalue weighted by molar-refractivity contribution is 7.19. The Morgan fingerprint density at radius 3 is 2.70 bits per heavy atom. The van der Waals surface area contributed by atoms with Crippen LogP contribution in [0, 0.1) is 5.82 Å². The summed E-state index contributed by atoms with van der Waals surface area (Å²) in [4.78, 5) is 0.979. The molecule has 0 aliphatic heterocycles. The molecular formula is C15H10Cl2FNS. The molecular weight excluding hydrogens is 316 g/mol. The normalized spacial score (nSPS) is 10.9. The van der Waals surface area contributed by atoms with Gasteiger partial charge in [0, 0.05) is 20.0 Å². The summed E-state index contributed by atoms with van der Waals surface area (Å²) in [6.45, 7) is 0.468. The summed E-state index contributed by atoms with van der Waals surface area (Å²) < 4.78 is 14.8. The molecule has 20 heavy (non-hydrogen) atoms. The van der Waals surface area contributed by atoms with Gasteiger partial charge in [-0.1, -0.05) is 41.4 Å². The molecule has 1 aromatic heterocycles. The molecule has 3 aromatic rings. The van der Waals surface area contributed by atoms with E-state index < -0.39 is 0 Å². The van der Waals surface area contributed by atoms with Gasteiger partial charge in [0.2, 0.25) is 0 Å². The Labute approximate surface area is 129 Å². The van der Waals surface area contributed by atoms with Crippen LogP contribution in [0.4, 0.5) is 10.1 Å². The number of hydrogen-bond donors (Lipinski definition) is 1. The quantitative estimate of drug-likeness (QED) is 0.626. The van der Waals surface area contributed by atoms with E-state index >= 15 is 0 Å². The molecule has 1 nitrogen and oxygen atoms in total. The van der Waals surface area contributed by atoms with E-state index in [4.69, 9.17) is 23.2 Å². The van der Waals surface area contributed by atoms with Crippen LogP contribution in [0.25, 0.3) is 10.1 Å². The predicted molar refractivity (Wildman–Crippen MR) is 85.6 cm³/mol. The second-order valence-corrected chi connectivity index (χ2v) is 6.26. The Kier molecular flexibility index (Phi) is 3.83. The van der Waals surface area contributed by atoms with Gasteiger partial charge in [0.25, 0.3) is 0 Å². The van der Waals surface area contributed by atoms with Crippen LogP contribution >= 0.6 is 34.5 Å². The van der Waals surface area contributed by atoms with Crippen molar-refractivity contribution in [3.05, 3.63) is 63.2 Å². The van der Waals surface area contributed by atoms with Gasteiger partial charge in [0.15, 0.2) is 0 Å². The van der Waals surface area contributed by atoms with Crippen molar-refractivity contribution in [3.8, 4) is 0 Å². The van der Waals surface area contributed by atoms with E-state index in [1.54, 1.807) is 17.4 Å². The van der Waals surface area contributed by atoms with E-state index in [1.165, 1.54) is 12.1 Å². The molecule has 0 amide bonds. The fraction of sp³-hybridized carbons (Fsp3) is 0.0667. The van der Waals surface area contributed by atoms with Gasteiger partial charge in [0.05, 0.1) is 17.3 Å². The lowest BCUT2D eigenvalue weighted by Crippen LogP contribution is -2.00. The molecule has 0 saturated heterocycles. The smallest absolute Gasteiger partial charge is 0.146 e. The molecule has 0 aliphatic carbocycles. The number of rotatable bonds is 3. The fourth-order valence-electron chi connectivity index (χ4n) is 1.99. The van der Waals surface area contributed by atoms with Gasteiger partial charge in [0.1, 0.15) is 5.82 Å². The van der Waals surface area contributed by atoms with E-state index in [-0.39, 0.29) is 5.82 Å². The molecule has 3 rings (SSSR count). The molecule has 1 heterocycles. The van der Waals surface area contributed by atoms with Gasteiger partial charge >= 0.3 is 0 Å². The Bertz CT molecular complexity index is 770. The number of halogens is 3. The van der Waals surface area contributed by atoms with Gasteiger partial charge in [-0.25, -0.2) is 4.39 Å². The molecule has 1 N–H and O–H groups in total. The number of nitrogens with one attached hydrogen (secondary N) is 1. The van der Waals surface area contributed by atoms with E-state index in [2.05, 4.69) is 5.32 Å². The topological polar surface area (TPSA) is 12.0 Å². The van der Waals surface area contributed by atoms with Crippen LogP contribution in [0.15, 0.2) is 42.5 Å². The highest BCUT2D eigenvalue weighted by Crippen LogP contribution is 2.35. The molecule has 0 aliphatic rings. The number of fused-ring (bicyclic) bond motifs is 1. The number of thiophene rings is 1. The van der Waals surface area contributed by atoms with Crippen LogP contribution in [0.1, 0.15) is 4.88 Å². The van der Waals surface area contributed by atoms with Crippen molar-refractivity contribution in [3.63, 3.8) is 0 Å². The van der Waals surface area contributed by atoms with Crippen molar-refractivity contribution < 1.29 is 4.39 Å². The standard InChI is InChI=1S/C15H10Cl2FNS/c16-9-5-6-11(18)12(7-9)19-8-14-15(17)10-3-1-2-4-13(10)20-14/h1-7,19H,8H2. The first kappa shape index (κ1) is 13.7. The lowest BCUT2D eigenvalue weighted by Gasteiger charge is -2.07. The van der Waals surface area contributed by atoms with E-state index in [1.807, 2.05) is 24.3 Å². The van der Waals surface area contributed by atoms with Gasteiger partial charge < -0.3 is 5.32 Å². The monoisotopic (exact) mass is 325 g/mol. The summed E-state index contributed by atoms with van der Waals surface area (Å²) in [6.07, 6.45) is 0. The summed E-state index contributed by atoms with van der Waals surface area (Å²) in [5.74, 6) is -0.327. The predicted octanol–water partition coefficient (Wildman–Crippen LogP) is 5.96. The Balaban J connectivity index is 1.87. The molecule has 0 saturated carbocycles. The zero-order valence-electron chi connectivity index (χ0n) is 10.3. The third-order valence-electron chi connectivity index (χ3n) is 2.97. The first-order chi connectivity index (χ1) is 9.65. The first-order valence-corrected chi connectivity index (χ1v) is 7.57. The van der Waals surface area contributed by atoms with Crippen LogP contribution in [0.5, 0.6) is 0 Å². The molecule has 0 unspecified atom stereocenters. The minimum atomic E-state index is -0.327. The van der Waals surface area contributed by atoms with E-state index in [0.717, 1.165) is 20.0 Å². The Hall–Kier alpha value is -1.29. The zero-order valence-corrected chi connectivity index (χ0v) is 12.6. The van der Waals surface area contributed by atoms with Gasteiger partial charge in [-0.05, 0) is 24.3 Å². The lowest BCUT2D eigenvalue weighted by atomic mass is 10.2. The van der Waals surface area contributed by atoms with Gasteiger partial charge in [-0.2, -0.15) is 0 Å². The number of anilines is 1. The lowest BCUT2D eigenvalue weighted by molar-refractivity contribution is 0.630. The average molecular weight is 326 g/mol. The van der Waals surface area contributed by atoms with Crippen LogP contribution in [-0.4, -0.2) is 0 Å². The van der Waals surface area contributed by atoms with E-state index in [0.29, 0.717) is 17.3 Å². The highest BCUT2D eigenvalue weighted by atomic mass is 35.5. The molecule has 0 bridgehead atoms. The molecule has 102 valence electrons. The first-order valence-electron chi connectivity index (χ1n) is 6.00. The van der Waals surface area contributed by atoms with Crippen molar-refractivity contribution in [2.45, 2.75) is 6.54 Å². The second kappa shape index (κ2) is 5.60. The highest BCUT2D eigenvalue weighted by Gasteiger charge is 2.10. The van der Waals surface area contributed by atoms with Crippen LogP contribution in [0.2, 0.25) is 10.0 Å². The SMILES string of the molecule is Fc1ccc(Cl)cc1NCc1sc2ccccc2c1Cl. The summed E-state index contributed by atoms with van der Waals surface area (Å²) in [7, 11) is 0. The summed E-state index contributed by atoms with van der Waals surface area (Å²) in [6, 6.07) is 12.4. The van der Waals surface area contributed by atoms with Crippen molar-refractivity contribution in [1.29, 1.82) is 0 Å². The summed E-state index contributed by atoms with van der Waals surface area (Å²) >= 11 is 13.8.